The maximum Gasteiger partial charge on any atom is 0.249 e. The van der Waals surface area contributed by atoms with Gasteiger partial charge in [0.05, 0.1) is 0 Å². The number of nitrogens with zero attached hydrogens (tertiary/aromatic N) is 1. The minimum absolute atomic E-state index is 0. The number of carbonyl (C=O) groups excluding carboxylic acids is 1. The van der Waals surface area contributed by atoms with Gasteiger partial charge in [-0.1, -0.05) is 6.42 Å². The van der Waals surface area contributed by atoms with E-state index in [0.29, 0.717) is 30.2 Å². The van der Waals surface area contributed by atoms with E-state index >= 15 is 0 Å². The zero-order valence-corrected chi connectivity index (χ0v) is 19.1. The Labute approximate surface area is 197 Å². The van der Waals surface area contributed by atoms with Gasteiger partial charge in [0.25, 0.3) is 0 Å². The van der Waals surface area contributed by atoms with Crippen molar-refractivity contribution in [3.05, 3.63) is 64.9 Å². The predicted molar refractivity (Wildman–Crippen MR) is 126 cm³/mol. The van der Waals surface area contributed by atoms with Crippen LogP contribution >= 0.6 is 12.4 Å². The van der Waals surface area contributed by atoms with E-state index in [1.807, 2.05) is 6.20 Å². The molecular formula is C25H28ClF2N3O2. The fourth-order valence-corrected chi connectivity index (χ4v) is 5.07. The summed E-state index contributed by atoms with van der Waals surface area (Å²) >= 11 is 0. The lowest BCUT2D eigenvalue weighted by Crippen LogP contribution is -2.51. The van der Waals surface area contributed by atoms with E-state index < -0.39 is 11.7 Å². The number of aromatic nitrogens is 1. The Morgan fingerprint density at radius 3 is 2.73 bits per heavy atom. The number of benzene rings is 2. The van der Waals surface area contributed by atoms with Gasteiger partial charge in [0.2, 0.25) is 5.91 Å². The number of ether oxygens (including phenoxy) is 1. The molecule has 8 heteroatoms. The molecule has 1 atom stereocenters. The van der Waals surface area contributed by atoms with E-state index in [2.05, 4.69) is 9.88 Å². The number of nitrogens with one attached hydrogen (secondary N) is 1. The molecule has 0 bridgehead atoms. The third kappa shape index (κ3) is 4.57. The van der Waals surface area contributed by atoms with Crippen LogP contribution in [0, 0.1) is 11.6 Å². The molecular weight excluding hydrogens is 448 g/mol. The molecule has 3 aromatic rings. The zero-order chi connectivity index (χ0) is 22.2. The third-order valence-corrected chi connectivity index (χ3v) is 6.94. The number of aryl methyl sites for hydroxylation is 1. The van der Waals surface area contributed by atoms with Gasteiger partial charge in [-0.15, -0.1) is 12.4 Å². The van der Waals surface area contributed by atoms with Gasteiger partial charge in [0.1, 0.15) is 12.4 Å². The number of hydrogen-bond acceptors (Lipinski definition) is 3. The molecule has 1 aliphatic carbocycles. The number of hydrogen-bond donors (Lipinski definition) is 2. The van der Waals surface area contributed by atoms with E-state index in [9.17, 15) is 13.6 Å². The first-order chi connectivity index (χ1) is 15.5. The van der Waals surface area contributed by atoms with Crippen molar-refractivity contribution in [2.24, 2.45) is 5.73 Å². The molecule has 0 unspecified atom stereocenters. The van der Waals surface area contributed by atoms with Crippen LogP contribution in [0.5, 0.6) is 5.75 Å². The molecule has 0 radical (unpaired) electrons. The van der Waals surface area contributed by atoms with Crippen LogP contribution in [-0.2, 0) is 12.8 Å². The minimum Gasteiger partial charge on any atom is -0.489 e. The SMILES string of the molecule is Cl.NC(=O)c1ccc(F)c2c1C[C@@H](N(CCCc1c[nH]c3ccc(F)cc13)C1CCC1)CO2. The van der Waals surface area contributed by atoms with Crippen LogP contribution < -0.4 is 10.5 Å². The quantitative estimate of drug-likeness (QED) is 0.517. The molecule has 1 aliphatic heterocycles. The van der Waals surface area contributed by atoms with Crippen LogP contribution in [0.3, 0.4) is 0 Å². The molecule has 2 heterocycles. The highest BCUT2D eigenvalue weighted by Crippen LogP contribution is 2.35. The average molecular weight is 476 g/mol. The summed E-state index contributed by atoms with van der Waals surface area (Å²) < 4.78 is 33.8. The summed E-state index contributed by atoms with van der Waals surface area (Å²) in [5.74, 6) is -1.09. The van der Waals surface area contributed by atoms with Crippen molar-refractivity contribution in [3.8, 4) is 5.75 Å². The number of amides is 1. The summed E-state index contributed by atoms with van der Waals surface area (Å²) in [7, 11) is 0. The first kappa shape index (κ1) is 23.5. The zero-order valence-electron chi connectivity index (χ0n) is 18.3. The molecule has 1 aromatic heterocycles. The van der Waals surface area contributed by atoms with Crippen molar-refractivity contribution in [1.82, 2.24) is 9.88 Å². The van der Waals surface area contributed by atoms with Crippen molar-refractivity contribution in [2.45, 2.75) is 50.6 Å². The first-order valence-corrected chi connectivity index (χ1v) is 11.3. The molecule has 1 amide bonds. The first-order valence-electron chi connectivity index (χ1n) is 11.3. The van der Waals surface area contributed by atoms with E-state index in [4.69, 9.17) is 10.5 Å². The highest BCUT2D eigenvalue weighted by Gasteiger charge is 2.35. The monoisotopic (exact) mass is 475 g/mol. The Hall–Kier alpha value is -2.64. The molecule has 1 fully saturated rings. The van der Waals surface area contributed by atoms with Gasteiger partial charge >= 0.3 is 0 Å². The Kier molecular flexibility index (Phi) is 6.91. The summed E-state index contributed by atoms with van der Waals surface area (Å²) in [6.45, 7) is 1.25. The standard InChI is InChI=1S/C25H27F2N3O2.ClH/c26-16-6-9-23-20(11-16)15(13-29-23)3-2-10-30(17-4-1-5-17)18-12-21-19(25(28)31)7-8-22(27)24(21)32-14-18;/h6-9,11,13,17-18,29H,1-5,10,12,14H2,(H2,28,31);1H/t18-;/m1./s1. The number of fused-ring (bicyclic) bond motifs is 2. The lowest BCUT2D eigenvalue weighted by atomic mass is 9.87. The summed E-state index contributed by atoms with van der Waals surface area (Å²) in [5.41, 5.74) is 8.49. The summed E-state index contributed by atoms with van der Waals surface area (Å²) in [6.07, 6.45) is 7.71. The molecule has 2 aliphatic rings. The number of carbonyl (C=O) groups is 1. The van der Waals surface area contributed by atoms with E-state index in [-0.39, 0.29) is 30.0 Å². The predicted octanol–water partition coefficient (Wildman–Crippen LogP) is 4.76. The second-order valence-electron chi connectivity index (χ2n) is 8.87. The molecule has 1 saturated carbocycles. The van der Waals surface area contributed by atoms with Crippen LogP contribution in [0.4, 0.5) is 8.78 Å². The van der Waals surface area contributed by atoms with Gasteiger partial charge in [-0.25, -0.2) is 8.78 Å². The molecule has 0 spiro atoms. The van der Waals surface area contributed by atoms with Crippen LogP contribution in [0.25, 0.3) is 10.9 Å². The largest absolute Gasteiger partial charge is 0.489 e. The molecule has 3 N–H and O–H groups in total. The lowest BCUT2D eigenvalue weighted by Gasteiger charge is -2.44. The summed E-state index contributed by atoms with van der Waals surface area (Å²) in [6, 6.07) is 8.03. The topological polar surface area (TPSA) is 71.4 Å². The molecule has 5 nitrogen and oxygen atoms in total. The second-order valence-corrected chi connectivity index (χ2v) is 8.87. The Morgan fingerprint density at radius 1 is 1.18 bits per heavy atom. The van der Waals surface area contributed by atoms with Crippen LogP contribution in [0.2, 0.25) is 0 Å². The van der Waals surface area contributed by atoms with Crippen LogP contribution in [0.15, 0.2) is 36.5 Å². The van der Waals surface area contributed by atoms with Gasteiger partial charge in [0.15, 0.2) is 11.6 Å². The minimum atomic E-state index is -0.563. The van der Waals surface area contributed by atoms with E-state index in [1.165, 1.54) is 24.6 Å². The normalized spacial score (nSPS) is 17.8. The smallest absolute Gasteiger partial charge is 0.249 e. The van der Waals surface area contributed by atoms with E-state index in [1.54, 1.807) is 12.1 Å². The average Bonchev–Trinajstić information content (AvgIpc) is 3.13. The molecule has 176 valence electrons. The second kappa shape index (κ2) is 9.69. The number of H-pyrrole nitrogens is 1. The maximum atomic E-state index is 14.3. The Bertz CT molecular complexity index is 1160. The summed E-state index contributed by atoms with van der Waals surface area (Å²) in [4.78, 5) is 17.6. The van der Waals surface area contributed by atoms with Crippen LogP contribution in [0.1, 0.15) is 47.2 Å². The van der Waals surface area contributed by atoms with Crippen molar-refractivity contribution in [1.29, 1.82) is 0 Å². The van der Waals surface area contributed by atoms with Gasteiger partial charge in [-0.05, 0) is 74.5 Å². The van der Waals surface area contributed by atoms with Gasteiger partial charge in [-0.3, -0.25) is 9.69 Å². The number of aromatic amines is 1. The molecule has 2 aromatic carbocycles. The van der Waals surface area contributed by atoms with Gasteiger partial charge in [-0.2, -0.15) is 0 Å². The fourth-order valence-electron chi connectivity index (χ4n) is 5.07. The highest BCUT2D eigenvalue weighted by atomic mass is 35.5. The van der Waals surface area contributed by atoms with Gasteiger partial charge < -0.3 is 15.5 Å². The Morgan fingerprint density at radius 2 is 2.00 bits per heavy atom. The number of nitrogens with two attached hydrogens (primary N) is 1. The lowest BCUT2D eigenvalue weighted by molar-refractivity contribution is 0.0421. The maximum absolute atomic E-state index is 14.3. The summed E-state index contributed by atoms with van der Waals surface area (Å²) in [5, 5.41) is 0.927. The number of halogens is 3. The number of primary amides is 1. The fraction of sp³-hybridized carbons (Fsp3) is 0.400. The number of rotatable bonds is 7. The van der Waals surface area contributed by atoms with E-state index in [0.717, 1.165) is 48.7 Å². The van der Waals surface area contributed by atoms with Crippen molar-refractivity contribution in [3.63, 3.8) is 0 Å². The van der Waals surface area contributed by atoms with Gasteiger partial charge in [0, 0.05) is 40.3 Å². The molecule has 5 rings (SSSR count). The molecule has 0 saturated heterocycles. The van der Waals surface area contributed by atoms with Crippen molar-refractivity contribution in [2.75, 3.05) is 13.2 Å². The highest BCUT2D eigenvalue weighted by molar-refractivity contribution is 5.95. The third-order valence-electron chi connectivity index (χ3n) is 6.94. The van der Waals surface area contributed by atoms with Crippen LogP contribution in [-0.4, -0.2) is 41.0 Å². The van der Waals surface area contributed by atoms with Crippen molar-refractivity contribution < 1.29 is 18.3 Å². The van der Waals surface area contributed by atoms with Crippen molar-refractivity contribution >= 4 is 29.2 Å². The Balaban J connectivity index is 0.00000259. The molecule has 33 heavy (non-hydrogen) atoms.